The standard InChI is InChI=1S/C15H33NO.C12H25I.C3H9NO.CH4/c1-3-4-5-6-7-8-9-10-11-12-13-16(2)14-15-17;1-2-3-4-5-6-7-8-9-10-11-12-13;1-4-2-3-5;/h17H,3-15H2,1-2H3;2-12H2,1H3;4-5H,2-3H2,1H3;1H4. The number of halogens is 1. The molecule has 4 nitrogen and oxygen atoms in total. The van der Waals surface area contributed by atoms with Crippen molar-refractivity contribution in [2.24, 2.45) is 0 Å². The number of alkyl halides is 1. The molecule has 0 radical (unpaired) electrons. The lowest BCUT2D eigenvalue weighted by Crippen LogP contribution is -2.23. The molecule has 36 heavy (non-hydrogen) atoms. The summed E-state index contributed by atoms with van der Waals surface area (Å²) in [5.74, 6) is 0. The molecule has 0 saturated heterocycles. The van der Waals surface area contributed by atoms with Crippen molar-refractivity contribution in [3.05, 3.63) is 0 Å². The summed E-state index contributed by atoms with van der Waals surface area (Å²) in [6, 6.07) is 0. The minimum Gasteiger partial charge on any atom is -0.395 e. The van der Waals surface area contributed by atoms with Crippen LogP contribution in [-0.2, 0) is 0 Å². The first-order chi connectivity index (χ1) is 17.1. The molecule has 0 fully saturated rings. The Morgan fingerprint density at radius 3 is 1.19 bits per heavy atom. The van der Waals surface area contributed by atoms with E-state index in [9.17, 15) is 0 Å². The molecule has 3 N–H and O–H groups in total. The lowest BCUT2D eigenvalue weighted by atomic mass is 10.1. The molecule has 5 heteroatoms. The Bertz CT molecular complexity index is 311. The number of unbranched alkanes of at least 4 members (excludes halogenated alkanes) is 18. The van der Waals surface area contributed by atoms with E-state index in [4.69, 9.17) is 10.2 Å². The van der Waals surface area contributed by atoms with Crippen LogP contribution in [0.15, 0.2) is 0 Å². The second-order valence-corrected chi connectivity index (χ2v) is 11.0. The van der Waals surface area contributed by atoms with Crippen molar-refractivity contribution >= 4 is 22.6 Å². The first kappa shape index (κ1) is 43.6. The highest BCUT2D eigenvalue weighted by molar-refractivity contribution is 14.1. The van der Waals surface area contributed by atoms with Crippen LogP contribution in [0.2, 0.25) is 0 Å². The number of hydrogen-bond donors (Lipinski definition) is 3. The van der Waals surface area contributed by atoms with Crippen LogP contribution in [-0.4, -0.2) is 66.5 Å². The Hall–Kier alpha value is 0.570. The van der Waals surface area contributed by atoms with Gasteiger partial charge in [-0.05, 0) is 37.9 Å². The van der Waals surface area contributed by atoms with Crippen molar-refractivity contribution in [2.75, 3.05) is 51.4 Å². The molecule has 0 unspecified atom stereocenters. The van der Waals surface area contributed by atoms with Crippen LogP contribution in [0.5, 0.6) is 0 Å². The van der Waals surface area contributed by atoms with Gasteiger partial charge in [-0.15, -0.1) is 0 Å². The fraction of sp³-hybridized carbons (Fsp3) is 1.00. The molecule has 0 heterocycles. The summed E-state index contributed by atoms with van der Waals surface area (Å²) in [6.45, 7) is 7.72. The maximum Gasteiger partial charge on any atom is 0.0558 e. The molecule has 0 rings (SSSR count). The van der Waals surface area contributed by atoms with Crippen molar-refractivity contribution in [2.45, 2.75) is 150 Å². The summed E-state index contributed by atoms with van der Waals surface area (Å²) in [6.07, 6.45) is 28.5. The van der Waals surface area contributed by atoms with E-state index in [0.717, 1.165) is 13.1 Å². The van der Waals surface area contributed by atoms with Crippen LogP contribution in [0, 0.1) is 0 Å². The first-order valence-corrected chi connectivity index (χ1v) is 16.8. The van der Waals surface area contributed by atoms with Crippen LogP contribution in [0.1, 0.15) is 150 Å². The van der Waals surface area contributed by atoms with Gasteiger partial charge in [0.25, 0.3) is 0 Å². The Labute approximate surface area is 243 Å². The lowest BCUT2D eigenvalue weighted by Gasteiger charge is -2.14. The minimum absolute atomic E-state index is 0. The van der Waals surface area contributed by atoms with Crippen LogP contribution in [0.25, 0.3) is 0 Å². The third-order valence-corrected chi connectivity index (χ3v) is 6.99. The van der Waals surface area contributed by atoms with E-state index in [1.54, 1.807) is 7.05 Å². The second-order valence-electron chi connectivity index (χ2n) is 9.91. The lowest BCUT2D eigenvalue weighted by molar-refractivity contribution is 0.219. The fourth-order valence-electron chi connectivity index (χ4n) is 3.85. The monoisotopic (exact) mass is 630 g/mol. The quantitative estimate of drug-likeness (QED) is 0.0535. The van der Waals surface area contributed by atoms with Gasteiger partial charge in [-0.1, -0.05) is 159 Å². The van der Waals surface area contributed by atoms with E-state index < -0.39 is 0 Å². The van der Waals surface area contributed by atoms with Crippen molar-refractivity contribution in [3.63, 3.8) is 0 Å². The Kier molecular flexibility index (Phi) is 55.1. The average Bonchev–Trinajstić information content (AvgIpc) is 2.86. The molecule has 0 aromatic carbocycles. The summed E-state index contributed by atoms with van der Waals surface area (Å²) < 4.78 is 1.34. The van der Waals surface area contributed by atoms with Gasteiger partial charge in [-0.3, -0.25) is 0 Å². The van der Waals surface area contributed by atoms with E-state index in [-0.39, 0.29) is 20.6 Å². The largest absolute Gasteiger partial charge is 0.395 e. The van der Waals surface area contributed by atoms with Gasteiger partial charge in [-0.25, -0.2) is 0 Å². The Balaban J connectivity index is -0.000000239. The predicted molar refractivity (Wildman–Crippen MR) is 175 cm³/mol. The van der Waals surface area contributed by atoms with E-state index in [1.165, 1.54) is 133 Å². The number of aliphatic hydroxyl groups is 2. The van der Waals surface area contributed by atoms with Gasteiger partial charge < -0.3 is 20.4 Å². The van der Waals surface area contributed by atoms with E-state index in [2.05, 4.69) is 53.7 Å². The molecule has 0 amide bonds. The highest BCUT2D eigenvalue weighted by atomic mass is 127. The Morgan fingerprint density at radius 2 is 0.917 bits per heavy atom. The molecule has 224 valence electrons. The molecule has 0 saturated carbocycles. The highest BCUT2D eigenvalue weighted by Crippen LogP contribution is 2.11. The van der Waals surface area contributed by atoms with Crippen LogP contribution < -0.4 is 5.32 Å². The number of nitrogens with zero attached hydrogens (tertiary/aromatic N) is 1. The predicted octanol–water partition coefficient (Wildman–Crippen LogP) is 9.01. The number of nitrogens with one attached hydrogen (secondary N) is 1. The molecule has 0 spiro atoms. The third-order valence-electron chi connectivity index (χ3n) is 6.22. The van der Waals surface area contributed by atoms with Crippen molar-refractivity contribution in [1.29, 1.82) is 0 Å². The maximum absolute atomic E-state index is 8.76. The van der Waals surface area contributed by atoms with Gasteiger partial charge in [0.15, 0.2) is 0 Å². The SMILES string of the molecule is C.CCCCCCCCCCCCI.CCCCCCCCCCCCN(C)CCO.CNCCO. The zero-order chi connectivity index (χ0) is 26.7. The van der Waals surface area contributed by atoms with Gasteiger partial charge in [-0.2, -0.15) is 0 Å². The third kappa shape index (κ3) is 51.3. The van der Waals surface area contributed by atoms with Crippen molar-refractivity contribution in [3.8, 4) is 0 Å². The van der Waals surface area contributed by atoms with Crippen molar-refractivity contribution < 1.29 is 10.2 Å². The van der Waals surface area contributed by atoms with E-state index in [1.807, 2.05) is 0 Å². The van der Waals surface area contributed by atoms with Crippen molar-refractivity contribution in [1.82, 2.24) is 10.2 Å². The normalized spacial score (nSPS) is 10.3. The summed E-state index contributed by atoms with van der Waals surface area (Å²) in [5.41, 5.74) is 0. The molecule has 0 bridgehead atoms. The number of rotatable bonds is 25. The summed E-state index contributed by atoms with van der Waals surface area (Å²) in [4.78, 5) is 2.21. The van der Waals surface area contributed by atoms with Gasteiger partial charge in [0, 0.05) is 13.1 Å². The topological polar surface area (TPSA) is 55.7 Å². The molecule has 0 aromatic rings. The Morgan fingerprint density at radius 1 is 0.556 bits per heavy atom. The number of aliphatic hydroxyl groups excluding tert-OH is 2. The average molecular weight is 631 g/mol. The summed E-state index contributed by atoms with van der Waals surface area (Å²) >= 11 is 2.47. The molecule has 0 atom stereocenters. The van der Waals surface area contributed by atoms with Crippen LogP contribution in [0.3, 0.4) is 0 Å². The molecule has 0 aromatic heterocycles. The van der Waals surface area contributed by atoms with Crippen LogP contribution in [0.4, 0.5) is 0 Å². The number of hydrogen-bond acceptors (Lipinski definition) is 4. The van der Waals surface area contributed by atoms with E-state index in [0.29, 0.717) is 6.54 Å². The second kappa shape index (κ2) is 45.5. The van der Waals surface area contributed by atoms with Gasteiger partial charge in [0.2, 0.25) is 0 Å². The molecular formula is C31H71IN2O2. The zero-order valence-corrected chi connectivity index (χ0v) is 26.8. The molecular weight excluding hydrogens is 559 g/mol. The number of likely N-dealkylation sites (N-methyl/N-ethyl adjacent to an activating group) is 2. The zero-order valence-electron chi connectivity index (χ0n) is 24.6. The minimum atomic E-state index is 0. The highest BCUT2D eigenvalue weighted by Gasteiger charge is 1.97. The fourth-order valence-corrected chi connectivity index (χ4v) is 4.38. The van der Waals surface area contributed by atoms with E-state index >= 15 is 0 Å². The summed E-state index contributed by atoms with van der Waals surface area (Å²) in [5, 5.41) is 19.5. The maximum atomic E-state index is 8.76. The van der Waals surface area contributed by atoms with Gasteiger partial charge >= 0.3 is 0 Å². The summed E-state index contributed by atoms with van der Waals surface area (Å²) in [7, 11) is 3.89. The van der Waals surface area contributed by atoms with Crippen LogP contribution >= 0.6 is 22.6 Å². The molecule has 0 aliphatic carbocycles. The smallest absolute Gasteiger partial charge is 0.0558 e. The first-order valence-electron chi connectivity index (χ1n) is 15.2. The van der Waals surface area contributed by atoms with Gasteiger partial charge in [0.05, 0.1) is 13.2 Å². The van der Waals surface area contributed by atoms with Gasteiger partial charge in [0.1, 0.15) is 0 Å². The molecule has 0 aliphatic heterocycles. The molecule has 0 aliphatic rings.